The lowest BCUT2D eigenvalue weighted by atomic mass is 9.59. The molecule has 0 heterocycles. The van der Waals surface area contributed by atoms with Gasteiger partial charge in [-0.2, -0.15) is 0 Å². The van der Waals surface area contributed by atoms with Crippen molar-refractivity contribution in [2.45, 2.75) is 57.9 Å². The number of nitrogens with one attached hydrogen (secondary N) is 2. The summed E-state index contributed by atoms with van der Waals surface area (Å²) in [5.74, 6) is 1.50. The molecule has 5 heteroatoms. The highest BCUT2D eigenvalue weighted by atomic mass is 16.5. The normalized spacial score (nSPS) is 17.0. The lowest BCUT2D eigenvalue weighted by Crippen LogP contribution is -2.54. The fraction of sp³-hybridized carbons (Fsp3) is 0.650. The SMILES string of the molecule is CCOc1ccc(C2(C(CC(C)C)NCCNC(=O)O)CCC2)cc1. The van der Waals surface area contributed by atoms with Crippen LogP contribution in [-0.4, -0.2) is 36.9 Å². The molecule has 1 saturated carbocycles. The van der Waals surface area contributed by atoms with Crippen LogP contribution in [-0.2, 0) is 5.41 Å². The largest absolute Gasteiger partial charge is 0.494 e. The Labute approximate surface area is 151 Å². The second-order valence-corrected chi connectivity index (χ2v) is 7.34. The minimum absolute atomic E-state index is 0.151. The molecular formula is C20H32N2O3. The fourth-order valence-corrected chi connectivity index (χ4v) is 3.84. The van der Waals surface area contributed by atoms with Crippen LogP contribution in [0.4, 0.5) is 4.79 Å². The molecule has 5 nitrogen and oxygen atoms in total. The van der Waals surface area contributed by atoms with E-state index in [0.29, 0.717) is 31.7 Å². The van der Waals surface area contributed by atoms with Gasteiger partial charge in [-0.05, 0) is 49.8 Å². The van der Waals surface area contributed by atoms with Crippen molar-refractivity contribution in [3.05, 3.63) is 29.8 Å². The molecule has 140 valence electrons. The third kappa shape index (κ3) is 5.11. The van der Waals surface area contributed by atoms with E-state index in [1.54, 1.807) is 0 Å². The maximum Gasteiger partial charge on any atom is 0.404 e. The van der Waals surface area contributed by atoms with Crippen molar-refractivity contribution >= 4 is 6.09 Å². The molecule has 1 amide bonds. The number of hydrogen-bond donors (Lipinski definition) is 3. The first kappa shape index (κ1) is 19.6. The van der Waals surface area contributed by atoms with Gasteiger partial charge >= 0.3 is 6.09 Å². The van der Waals surface area contributed by atoms with Gasteiger partial charge in [0.05, 0.1) is 6.61 Å². The van der Waals surface area contributed by atoms with E-state index >= 15 is 0 Å². The number of hydrogen-bond acceptors (Lipinski definition) is 3. The van der Waals surface area contributed by atoms with Gasteiger partial charge in [0.25, 0.3) is 0 Å². The van der Waals surface area contributed by atoms with Crippen LogP contribution < -0.4 is 15.4 Å². The molecule has 0 bridgehead atoms. The zero-order chi connectivity index (χ0) is 18.3. The Morgan fingerprint density at radius 2 is 1.92 bits per heavy atom. The predicted molar refractivity (Wildman–Crippen MR) is 100 cm³/mol. The predicted octanol–water partition coefficient (Wildman–Crippen LogP) is 3.78. The van der Waals surface area contributed by atoms with Crippen LogP contribution in [0.25, 0.3) is 0 Å². The number of carboxylic acid groups (broad SMARTS) is 1. The van der Waals surface area contributed by atoms with Gasteiger partial charge in [0, 0.05) is 24.5 Å². The first-order valence-corrected chi connectivity index (χ1v) is 9.41. The topological polar surface area (TPSA) is 70.6 Å². The number of benzene rings is 1. The van der Waals surface area contributed by atoms with E-state index in [2.05, 4.69) is 48.7 Å². The van der Waals surface area contributed by atoms with Crippen molar-refractivity contribution in [1.29, 1.82) is 0 Å². The number of rotatable bonds is 10. The Kier molecular flexibility index (Phi) is 7.12. The van der Waals surface area contributed by atoms with Crippen molar-refractivity contribution < 1.29 is 14.6 Å². The number of carbonyl (C=O) groups is 1. The molecular weight excluding hydrogens is 316 g/mol. The minimum atomic E-state index is -0.966. The summed E-state index contributed by atoms with van der Waals surface area (Å²) in [7, 11) is 0. The van der Waals surface area contributed by atoms with Crippen molar-refractivity contribution in [3.63, 3.8) is 0 Å². The Morgan fingerprint density at radius 1 is 1.24 bits per heavy atom. The van der Waals surface area contributed by atoms with Crippen LogP contribution in [0.5, 0.6) is 5.75 Å². The van der Waals surface area contributed by atoms with Crippen LogP contribution in [0.1, 0.15) is 52.0 Å². The third-order valence-corrected chi connectivity index (χ3v) is 5.15. The highest BCUT2D eigenvalue weighted by Gasteiger charge is 2.45. The van der Waals surface area contributed by atoms with Crippen molar-refractivity contribution in [2.24, 2.45) is 5.92 Å². The van der Waals surface area contributed by atoms with E-state index in [1.807, 2.05) is 6.92 Å². The molecule has 1 aliphatic rings. The minimum Gasteiger partial charge on any atom is -0.494 e. The number of ether oxygens (including phenoxy) is 1. The standard InChI is InChI=1S/C20H32N2O3/c1-4-25-17-8-6-16(7-9-17)20(10-5-11-20)18(14-15(2)3)21-12-13-22-19(23)24/h6-9,15,18,21-22H,4-5,10-14H2,1-3H3,(H,23,24). The van der Waals surface area contributed by atoms with Gasteiger partial charge in [-0.25, -0.2) is 4.79 Å². The molecule has 1 atom stereocenters. The van der Waals surface area contributed by atoms with Crippen molar-refractivity contribution in [3.8, 4) is 5.75 Å². The lowest BCUT2D eigenvalue weighted by Gasteiger charge is -2.49. The first-order chi connectivity index (χ1) is 12.0. The summed E-state index contributed by atoms with van der Waals surface area (Å²) in [6, 6.07) is 8.90. The quantitative estimate of drug-likeness (QED) is 0.563. The molecule has 1 unspecified atom stereocenters. The molecule has 1 aliphatic carbocycles. The van der Waals surface area contributed by atoms with E-state index in [0.717, 1.165) is 12.2 Å². The zero-order valence-corrected chi connectivity index (χ0v) is 15.7. The van der Waals surface area contributed by atoms with E-state index in [4.69, 9.17) is 9.84 Å². The molecule has 0 aromatic heterocycles. The van der Waals surface area contributed by atoms with E-state index in [1.165, 1.54) is 24.8 Å². The zero-order valence-electron chi connectivity index (χ0n) is 15.7. The highest BCUT2D eigenvalue weighted by Crippen LogP contribution is 2.48. The van der Waals surface area contributed by atoms with Gasteiger partial charge in [-0.15, -0.1) is 0 Å². The highest BCUT2D eigenvalue weighted by molar-refractivity contribution is 5.64. The van der Waals surface area contributed by atoms with Gasteiger partial charge < -0.3 is 20.5 Å². The molecule has 1 aromatic rings. The molecule has 0 saturated heterocycles. The average molecular weight is 348 g/mol. The summed E-state index contributed by atoms with van der Waals surface area (Å²) in [4.78, 5) is 10.6. The van der Waals surface area contributed by atoms with Gasteiger partial charge in [-0.3, -0.25) is 0 Å². The van der Waals surface area contributed by atoms with E-state index < -0.39 is 6.09 Å². The molecule has 3 N–H and O–H groups in total. The van der Waals surface area contributed by atoms with Crippen molar-refractivity contribution in [1.82, 2.24) is 10.6 Å². The molecule has 2 rings (SSSR count). The Morgan fingerprint density at radius 3 is 2.40 bits per heavy atom. The molecule has 25 heavy (non-hydrogen) atoms. The summed E-state index contributed by atoms with van der Waals surface area (Å²) in [5, 5.41) is 14.8. The monoisotopic (exact) mass is 348 g/mol. The Bertz CT molecular complexity index is 538. The lowest BCUT2D eigenvalue weighted by molar-refractivity contribution is 0.150. The van der Waals surface area contributed by atoms with E-state index in [-0.39, 0.29) is 5.41 Å². The summed E-state index contributed by atoms with van der Waals surface area (Å²) in [6.45, 7) is 8.25. The van der Waals surface area contributed by atoms with Gasteiger partial charge in [0.2, 0.25) is 0 Å². The average Bonchev–Trinajstić information content (AvgIpc) is 2.51. The molecule has 0 radical (unpaired) electrons. The summed E-state index contributed by atoms with van der Waals surface area (Å²) < 4.78 is 5.57. The third-order valence-electron chi connectivity index (χ3n) is 5.15. The number of amides is 1. The molecule has 1 fully saturated rings. The smallest absolute Gasteiger partial charge is 0.404 e. The fourth-order valence-electron chi connectivity index (χ4n) is 3.84. The molecule has 0 aliphatic heterocycles. The van der Waals surface area contributed by atoms with Gasteiger partial charge in [-0.1, -0.05) is 32.4 Å². The van der Waals surface area contributed by atoms with Gasteiger partial charge in [0.1, 0.15) is 5.75 Å². The maximum absolute atomic E-state index is 10.6. The second-order valence-electron chi connectivity index (χ2n) is 7.34. The maximum atomic E-state index is 10.6. The Hall–Kier alpha value is -1.75. The van der Waals surface area contributed by atoms with Crippen LogP contribution in [0, 0.1) is 5.92 Å². The summed E-state index contributed by atoms with van der Waals surface area (Å²) >= 11 is 0. The summed E-state index contributed by atoms with van der Waals surface area (Å²) in [5.41, 5.74) is 1.52. The van der Waals surface area contributed by atoms with Crippen LogP contribution in [0.2, 0.25) is 0 Å². The Balaban J connectivity index is 2.11. The van der Waals surface area contributed by atoms with Gasteiger partial charge in [0.15, 0.2) is 0 Å². The molecule has 1 aromatic carbocycles. The molecule has 0 spiro atoms. The van der Waals surface area contributed by atoms with Crippen LogP contribution >= 0.6 is 0 Å². The van der Waals surface area contributed by atoms with Crippen LogP contribution in [0.3, 0.4) is 0 Å². The second kappa shape index (κ2) is 9.09. The first-order valence-electron chi connectivity index (χ1n) is 9.41. The summed E-state index contributed by atoms with van der Waals surface area (Å²) in [6.07, 6.45) is 3.72. The van der Waals surface area contributed by atoms with Crippen molar-refractivity contribution in [2.75, 3.05) is 19.7 Å². The van der Waals surface area contributed by atoms with Crippen LogP contribution in [0.15, 0.2) is 24.3 Å². The van der Waals surface area contributed by atoms with E-state index in [9.17, 15) is 4.79 Å².